The minimum absolute atomic E-state index is 0.702. The molecule has 0 bridgehead atoms. The fraction of sp³-hybridized carbons (Fsp3) is 0.800. The van der Waals surface area contributed by atoms with E-state index in [0.29, 0.717) is 6.04 Å². The van der Waals surface area contributed by atoms with Crippen molar-refractivity contribution in [1.82, 2.24) is 10.2 Å². The van der Waals surface area contributed by atoms with Crippen molar-refractivity contribution < 1.29 is 0 Å². The van der Waals surface area contributed by atoms with Crippen LogP contribution in [0, 0.1) is 11.8 Å². The van der Waals surface area contributed by atoms with Crippen LogP contribution in [0.5, 0.6) is 0 Å². The molecule has 12 heavy (non-hydrogen) atoms. The van der Waals surface area contributed by atoms with Gasteiger partial charge in [-0.05, 0) is 33.4 Å². The van der Waals surface area contributed by atoms with Gasteiger partial charge in [0.05, 0.1) is 6.54 Å². The molecule has 0 spiro atoms. The fourth-order valence-electron chi connectivity index (χ4n) is 1.57. The van der Waals surface area contributed by atoms with Crippen LogP contribution < -0.4 is 5.32 Å². The Morgan fingerprint density at radius 1 is 1.58 bits per heavy atom. The lowest BCUT2D eigenvalue weighted by Gasteiger charge is -2.18. The Kier molecular flexibility index (Phi) is 4.13. The lowest BCUT2D eigenvalue weighted by atomic mass is 10.2. The van der Waals surface area contributed by atoms with Crippen molar-refractivity contribution in [2.75, 3.05) is 26.7 Å². The van der Waals surface area contributed by atoms with Gasteiger partial charge in [0.25, 0.3) is 0 Å². The molecule has 1 saturated heterocycles. The van der Waals surface area contributed by atoms with Crippen molar-refractivity contribution in [3.05, 3.63) is 0 Å². The predicted molar refractivity (Wildman–Crippen MR) is 52.0 cm³/mol. The highest BCUT2D eigenvalue weighted by molar-refractivity contribution is 4.97. The van der Waals surface area contributed by atoms with Crippen LogP contribution in [0.1, 0.15) is 19.8 Å². The van der Waals surface area contributed by atoms with E-state index in [0.717, 1.165) is 13.1 Å². The summed E-state index contributed by atoms with van der Waals surface area (Å²) in [5.74, 6) is 5.98. The maximum Gasteiger partial charge on any atom is 0.0599 e. The van der Waals surface area contributed by atoms with Crippen LogP contribution >= 0.6 is 0 Å². The maximum atomic E-state index is 3.47. The van der Waals surface area contributed by atoms with E-state index in [4.69, 9.17) is 0 Å². The van der Waals surface area contributed by atoms with Crippen LogP contribution in [0.2, 0.25) is 0 Å². The summed E-state index contributed by atoms with van der Waals surface area (Å²) in [7, 11) is 2.13. The van der Waals surface area contributed by atoms with Crippen LogP contribution in [-0.2, 0) is 0 Å². The van der Waals surface area contributed by atoms with Gasteiger partial charge in [0.2, 0.25) is 0 Å². The average Bonchev–Trinajstić information content (AvgIpc) is 2.53. The molecular weight excluding hydrogens is 148 g/mol. The van der Waals surface area contributed by atoms with Gasteiger partial charge in [0.1, 0.15) is 0 Å². The van der Waals surface area contributed by atoms with Gasteiger partial charge in [-0.25, -0.2) is 0 Å². The van der Waals surface area contributed by atoms with Gasteiger partial charge in [-0.3, -0.25) is 4.90 Å². The first-order chi connectivity index (χ1) is 5.83. The summed E-state index contributed by atoms with van der Waals surface area (Å²) in [6.07, 6.45) is 2.65. The minimum atomic E-state index is 0.702. The molecular formula is C10H18N2. The molecule has 0 aromatic heterocycles. The second-order valence-corrected chi connectivity index (χ2v) is 3.42. The van der Waals surface area contributed by atoms with E-state index in [2.05, 4.69) is 29.1 Å². The van der Waals surface area contributed by atoms with E-state index in [1.807, 2.05) is 6.92 Å². The molecule has 1 unspecified atom stereocenters. The van der Waals surface area contributed by atoms with Crippen molar-refractivity contribution in [3.8, 4) is 11.8 Å². The third kappa shape index (κ3) is 3.25. The Labute approximate surface area is 75.3 Å². The normalized spacial score (nSPS) is 22.4. The third-order valence-electron chi connectivity index (χ3n) is 2.22. The lowest BCUT2D eigenvalue weighted by Crippen LogP contribution is -2.35. The Bertz CT molecular complexity index is 172. The quantitative estimate of drug-likeness (QED) is 0.621. The molecule has 1 N–H and O–H groups in total. The van der Waals surface area contributed by atoms with Crippen LogP contribution in [0.4, 0.5) is 0 Å². The van der Waals surface area contributed by atoms with Crippen molar-refractivity contribution in [2.24, 2.45) is 0 Å². The topological polar surface area (TPSA) is 15.3 Å². The first-order valence-corrected chi connectivity index (χ1v) is 4.64. The summed E-state index contributed by atoms with van der Waals surface area (Å²) in [5.41, 5.74) is 0. The molecule has 0 radical (unpaired) electrons. The smallest absolute Gasteiger partial charge is 0.0599 e. The van der Waals surface area contributed by atoms with E-state index >= 15 is 0 Å². The zero-order valence-electron chi connectivity index (χ0n) is 8.06. The fourth-order valence-corrected chi connectivity index (χ4v) is 1.57. The zero-order valence-corrected chi connectivity index (χ0v) is 8.06. The van der Waals surface area contributed by atoms with E-state index in [1.165, 1.54) is 19.4 Å². The largest absolute Gasteiger partial charge is 0.313 e. The molecule has 1 fully saturated rings. The molecule has 1 aliphatic heterocycles. The minimum Gasteiger partial charge on any atom is -0.313 e. The van der Waals surface area contributed by atoms with Gasteiger partial charge in [0, 0.05) is 12.6 Å². The average molecular weight is 166 g/mol. The molecule has 0 amide bonds. The van der Waals surface area contributed by atoms with Gasteiger partial charge in [-0.1, -0.05) is 5.92 Å². The highest BCUT2D eigenvalue weighted by atomic mass is 15.1. The first kappa shape index (κ1) is 9.57. The number of hydrogen-bond acceptors (Lipinski definition) is 2. The molecule has 2 heteroatoms. The van der Waals surface area contributed by atoms with Crippen LogP contribution in [0.3, 0.4) is 0 Å². The summed E-state index contributed by atoms with van der Waals surface area (Å²) in [6, 6.07) is 0.702. The molecule has 2 nitrogen and oxygen atoms in total. The van der Waals surface area contributed by atoms with Crippen LogP contribution in [0.25, 0.3) is 0 Å². The second-order valence-electron chi connectivity index (χ2n) is 3.42. The van der Waals surface area contributed by atoms with E-state index in [-0.39, 0.29) is 0 Å². The number of rotatable bonds is 3. The lowest BCUT2D eigenvalue weighted by molar-refractivity contribution is 0.332. The van der Waals surface area contributed by atoms with Crippen molar-refractivity contribution in [3.63, 3.8) is 0 Å². The van der Waals surface area contributed by atoms with Gasteiger partial charge in [-0.2, -0.15) is 0 Å². The number of nitrogens with zero attached hydrogens (tertiary/aromatic N) is 1. The molecule has 0 aromatic carbocycles. The molecule has 1 heterocycles. The standard InChI is InChI=1S/C10H18N2/c1-3-4-8-12(2)9-10-6-5-7-11-10/h10-11H,5-9H2,1-2H3. The summed E-state index contributed by atoms with van der Waals surface area (Å²) in [5, 5.41) is 3.47. The molecule has 68 valence electrons. The van der Waals surface area contributed by atoms with Crippen molar-refractivity contribution in [2.45, 2.75) is 25.8 Å². The monoisotopic (exact) mass is 166 g/mol. The highest BCUT2D eigenvalue weighted by Crippen LogP contribution is 2.05. The number of hydrogen-bond donors (Lipinski definition) is 1. The van der Waals surface area contributed by atoms with E-state index in [9.17, 15) is 0 Å². The molecule has 0 aromatic rings. The first-order valence-electron chi connectivity index (χ1n) is 4.64. The Morgan fingerprint density at radius 2 is 2.42 bits per heavy atom. The molecule has 1 aliphatic rings. The van der Waals surface area contributed by atoms with E-state index < -0.39 is 0 Å². The summed E-state index contributed by atoms with van der Waals surface area (Å²) >= 11 is 0. The number of nitrogens with one attached hydrogen (secondary N) is 1. The van der Waals surface area contributed by atoms with Crippen molar-refractivity contribution >= 4 is 0 Å². The van der Waals surface area contributed by atoms with Crippen LogP contribution in [-0.4, -0.2) is 37.6 Å². The summed E-state index contributed by atoms with van der Waals surface area (Å²) < 4.78 is 0. The summed E-state index contributed by atoms with van der Waals surface area (Å²) in [6.45, 7) is 5.11. The van der Waals surface area contributed by atoms with Crippen molar-refractivity contribution in [1.29, 1.82) is 0 Å². The SMILES string of the molecule is CC#CCN(C)CC1CCCN1. The second kappa shape index (κ2) is 5.18. The van der Waals surface area contributed by atoms with Gasteiger partial charge < -0.3 is 5.32 Å². The Hall–Kier alpha value is -0.520. The Balaban J connectivity index is 2.14. The highest BCUT2D eigenvalue weighted by Gasteiger charge is 2.14. The van der Waals surface area contributed by atoms with Gasteiger partial charge >= 0.3 is 0 Å². The molecule has 0 saturated carbocycles. The molecule has 0 aliphatic carbocycles. The maximum absolute atomic E-state index is 3.47. The third-order valence-corrected chi connectivity index (χ3v) is 2.22. The number of likely N-dealkylation sites (N-methyl/N-ethyl adjacent to an activating group) is 1. The van der Waals surface area contributed by atoms with E-state index in [1.54, 1.807) is 0 Å². The van der Waals surface area contributed by atoms with Gasteiger partial charge in [-0.15, -0.1) is 5.92 Å². The molecule has 1 rings (SSSR count). The van der Waals surface area contributed by atoms with Gasteiger partial charge in [0.15, 0.2) is 0 Å². The zero-order chi connectivity index (χ0) is 8.81. The summed E-state index contributed by atoms with van der Waals surface area (Å²) in [4.78, 5) is 2.28. The molecule has 1 atom stereocenters. The predicted octanol–water partition coefficient (Wildman–Crippen LogP) is 0.694. The Morgan fingerprint density at radius 3 is 3.00 bits per heavy atom. The van der Waals surface area contributed by atoms with Crippen LogP contribution in [0.15, 0.2) is 0 Å².